The van der Waals surface area contributed by atoms with Crippen molar-refractivity contribution < 1.29 is 9.72 Å². The van der Waals surface area contributed by atoms with Gasteiger partial charge in [-0.3, -0.25) is 14.9 Å². The molecule has 0 heterocycles. The number of alkyl halides is 1. The minimum atomic E-state index is -0.469. The van der Waals surface area contributed by atoms with Crippen molar-refractivity contribution in [2.24, 2.45) is 5.73 Å². The first kappa shape index (κ1) is 11.6. The zero-order valence-corrected chi connectivity index (χ0v) is 9.31. The first-order valence-electron chi connectivity index (χ1n) is 4.17. The predicted octanol–water partition coefficient (Wildman–Crippen LogP) is 1.39. The molecule has 1 atom stereocenters. The Labute approximate surface area is 94.5 Å². The number of amides is 1. The maximum atomic E-state index is 10.7. The van der Waals surface area contributed by atoms with Crippen LogP contribution in [0.2, 0.25) is 0 Å². The second-order valence-corrected chi connectivity index (χ2v) is 4.10. The average molecular weight is 273 g/mol. The van der Waals surface area contributed by atoms with E-state index < -0.39 is 15.7 Å². The van der Waals surface area contributed by atoms with Crippen LogP contribution in [0, 0.1) is 10.1 Å². The second kappa shape index (κ2) is 4.88. The van der Waals surface area contributed by atoms with E-state index in [1.807, 2.05) is 0 Å². The molecular weight excluding hydrogens is 264 g/mol. The molecule has 0 fully saturated rings. The van der Waals surface area contributed by atoms with Crippen LogP contribution in [0.5, 0.6) is 0 Å². The van der Waals surface area contributed by atoms with Crippen molar-refractivity contribution in [1.29, 1.82) is 0 Å². The van der Waals surface area contributed by atoms with Crippen molar-refractivity contribution in [3.8, 4) is 0 Å². The van der Waals surface area contributed by atoms with Gasteiger partial charge < -0.3 is 5.73 Å². The maximum absolute atomic E-state index is 10.7. The summed E-state index contributed by atoms with van der Waals surface area (Å²) in [5, 5.41) is 10.4. The van der Waals surface area contributed by atoms with E-state index in [0.29, 0.717) is 6.42 Å². The molecule has 1 aromatic rings. The van der Waals surface area contributed by atoms with Crippen molar-refractivity contribution in [2.75, 3.05) is 0 Å². The second-order valence-electron chi connectivity index (χ2n) is 3.00. The monoisotopic (exact) mass is 272 g/mol. The quantitative estimate of drug-likeness (QED) is 0.511. The van der Waals surface area contributed by atoms with Crippen LogP contribution in [0.4, 0.5) is 5.69 Å². The third-order valence-electron chi connectivity index (χ3n) is 1.87. The predicted molar refractivity (Wildman–Crippen MR) is 58.7 cm³/mol. The number of halogens is 1. The zero-order valence-electron chi connectivity index (χ0n) is 7.72. The topological polar surface area (TPSA) is 86.2 Å². The van der Waals surface area contributed by atoms with Gasteiger partial charge in [0.05, 0.1) is 9.75 Å². The van der Waals surface area contributed by atoms with Crippen LogP contribution in [0.15, 0.2) is 24.3 Å². The number of non-ortho nitro benzene ring substituents is 1. The molecule has 15 heavy (non-hydrogen) atoms. The standard InChI is InChI=1S/C9H9BrN2O3/c10-8(9(11)13)5-6-1-3-7(4-2-6)12(14)15/h1-4,8H,5H2,(H2,11,13). The van der Waals surface area contributed by atoms with Crippen LogP contribution in [-0.2, 0) is 11.2 Å². The fraction of sp³-hybridized carbons (Fsp3) is 0.222. The van der Waals surface area contributed by atoms with E-state index in [4.69, 9.17) is 5.73 Å². The Kier molecular flexibility index (Phi) is 3.79. The lowest BCUT2D eigenvalue weighted by Gasteiger charge is -2.04. The van der Waals surface area contributed by atoms with Gasteiger partial charge in [0.1, 0.15) is 0 Å². The Morgan fingerprint density at radius 2 is 2.00 bits per heavy atom. The van der Waals surface area contributed by atoms with E-state index in [-0.39, 0.29) is 5.69 Å². The van der Waals surface area contributed by atoms with Gasteiger partial charge >= 0.3 is 0 Å². The lowest BCUT2D eigenvalue weighted by molar-refractivity contribution is -0.384. The smallest absolute Gasteiger partial charge is 0.269 e. The largest absolute Gasteiger partial charge is 0.369 e. The van der Waals surface area contributed by atoms with Crippen molar-refractivity contribution in [3.63, 3.8) is 0 Å². The molecule has 1 unspecified atom stereocenters. The van der Waals surface area contributed by atoms with Gasteiger partial charge in [-0.05, 0) is 12.0 Å². The summed E-state index contributed by atoms with van der Waals surface area (Å²) < 4.78 is 0. The third kappa shape index (κ3) is 3.32. The summed E-state index contributed by atoms with van der Waals surface area (Å²) in [7, 11) is 0. The number of rotatable bonds is 4. The van der Waals surface area contributed by atoms with Crippen LogP contribution in [0.3, 0.4) is 0 Å². The van der Waals surface area contributed by atoms with Gasteiger partial charge in [-0.1, -0.05) is 28.1 Å². The Bertz CT molecular complexity index is 377. The van der Waals surface area contributed by atoms with Gasteiger partial charge in [-0.2, -0.15) is 0 Å². The molecule has 2 N–H and O–H groups in total. The minimum Gasteiger partial charge on any atom is -0.369 e. The van der Waals surface area contributed by atoms with Gasteiger partial charge in [-0.25, -0.2) is 0 Å². The number of nitro benzene ring substituents is 1. The number of nitrogens with two attached hydrogens (primary N) is 1. The van der Waals surface area contributed by atoms with Crippen LogP contribution in [-0.4, -0.2) is 15.7 Å². The number of nitrogens with zero attached hydrogens (tertiary/aromatic N) is 1. The van der Waals surface area contributed by atoms with Crippen molar-refractivity contribution in [2.45, 2.75) is 11.2 Å². The summed E-state index contributed by atoms with van der Waals surface area (Å²) in [6, 6.07) is 6.01. The molecular formula is C9H9BrN2O3. The summed E-state index contributed by atoms with van der Waals surface area (Å²) in [5.41, 5.74) is 5.92. The van der Waals surface area contributed by atoms with E-state index in [0.717, 1.165) is 5.56 Å². The molecule has 80 valence electrons. The Hall–Kier alpha value is -1.43. The minimum absolute atomic E-state index is 0.0314. The van der Waals surface area contributed by atoms with Crippen LogP contribution < -0.4 is 5.73 Å². The number of benzene rings is 1. The summed E-state index contributed by atoms with van der Waals surface area (Å²) in [4.78, 5) is 20.2. The maximum Gasteiger partial charge on any atom is 0.269 e. The van der Waals surface area contributed by atoms with Gasteiger partial charge in [-0.15, -0.1) is 0 Å². The number of hydrogen-bond donors (Lipinski definition) is 1. The number of hydrogen-bond acceptors (Lipinski definition) is 3. The van der Waals surface area contributed by atoms with E-state index in [9.17, 15) is 14.9 Å². The van der Waals surface area contributed by atoms with Crippen molar-refractivity contribution in [1.82, 2.24) is 0 Å². The number of carbonyl (C=O) groups excluding carboxylic acids is 1. The van der Waals surface area contributed by atoms with E-state index in [1.54, 1.807) is 12.1 Å². The fourth-order valence-electron chi connectivity index (χ4n) is 1.06. The van der Waals surface area contributed by atoms with Gasteiger partial charge in [0.15, 0.2) is 0 Å². The van der Waals surface area contributed by atoms with Gasteiger partial charge in [0.2, 0.25) is 5.91 Å². The molecule has 0 aliphatic carbocycles. The van der Waals surface area contributed by atoms with Crippen molar-refractivity contribution >= 4 is 27.5 Å². The number of nitro groups is 1. The summed E-state index contributed by atoms with van der Waals surface area (Å²) in [5.74, 6) is -0.451. The molecule has 0 aliphatic rings. The molecule has 1 amide bonds. The Morgan fingerprint density at radius 1 is 1.47 bits per heavy atom. The molecule has 0 aromatic heterocycles. The Morgan fingerprint density at radius 3 is 2.40 bits per heavy atom. The lowest BCUT2D eigenvalue weighted by atomic mass is 10.1. The van der Waals surface area contributed by atoms with Crippen LogP contribution in [0.1, 0.15) is 5.56 Å². The molecule has 1 rings (SSSR count). The highest BCUT2D eigenvalue weighted by Gasteiger charge is 2.12. The Balaban J connectivity index is 2.72. The zero-order chi connectivity index (χ0) is 11.4. The molecule has 0 saturated carbocycles. The molecule has 5 nitrogen and oxygen atoms in total. The van der Waals surface area contributed by atoms with E-state index in [2.05, 4.69) is 15.9 Å². The van der Waals surface area contributed by atoms with Gasteiger partial charge in [0.25, 0.3) is 5.69 Å². The van der Waals surface area contributed by atoms with E-state index in [1.165, 1.54) is 12.1 Å². The third-order valence-corrected chi connectivity index (χ3v) is 2.65. The lowest BCUT2D eigenvalue weighted by Crippen LogP contribution is -2.24. The molecule has 6 heteroatoms. The van der Waals surface area contributed by atoms with Crippen molar-refractivity contribution in [3.05, 3.63) is 39.9 Å². The first-order chi connectivity index (χ1) is 7.00. The summed E-state index contributed by atoms with van der Waals surface area (Å²) >= 11 is 3.12. The summed E-state index contributed by atoms with van der Waals surface area (Å²) in [6.45, 7) is 0. The average Bonchev–Trinajstić information content (AvgIpc) is 2.18. The fourth-order valence-corrected chi connectivity index (χ4v) is 1.44. The highest BCUT2D eigenvalue weighted by atomic mass is 79.9. The molecule has 0 spiro atoms. The normalized spacial score (nSPS) is 12.1. The molecule has 0 bridgehead atoms. The molecule has 1 aromatic carbocycles. The SMILES string of the molecule is NC(=O)C(Br)Cc1ccc([N+](=O)[O-])cc1. The van der Waals surface area contributed by atoms with Gasteiger partial charge in [0, 0.05) is 12.1 Å². The molecule has 0 radical (unpaired) electrons. The molecule has 0 saturated heterocycles. The highest BCUT2D eigenvalue weighted by Crippen LogP contribution is 2.15. The van der Waals surface area contributed by atoms with E-state index >= 15 is 0 Å². The first-order valence-corrected chi connectivity index (χ1v) is 5.09. The molecule has 0 aliphatic heterocycles. The number of primary amides is 1. The summed E-state index contributed by atoms with van der Waals surface area (Å²) in [6.07, 6.45) is 0.424. The van der Waals surface area contributed by atoms with Crippen LogP contribution in [0.25, 0.3) is 0 Å². The number of carbonyl (C=O) groups is 1. The van der Waals surface area contributed by atoms with Crippen LogP contribution >= 0.6 is 15.9 Å². The highest BCUT2D eigenvalue weighted by molar-refractivity contribution is 9.10.